The Kier molecular flexibility index (Phi) is 5.22. The van der Waals surface area contributed by atoms with Gasteiger partial charge in [-0.05, 0) is 43.7 Å². The number of carbonyl (C=O) groups is 1. The van der Waals surface area contributed by atoms with Gasteiger partial charge < -0.3 is 9.64 Å². The van der Waals surface area contributed by atoms with Crippen LogP contribution in [0.5, 0.6) is 5.88 Å². The molecule has 0 N–H and O–H groups in total. The highest BCUT2D eigenvalue weighted by molar-refractivity contribution is 7.22. The highest BCUT2D eigenvalue weighted by Gasteiger charge is 2.32. The van der Waals surface area contributed by atoms with Crippen molar-refractivity contribution in [2.24, 2.45) is 0 Å². The molecule has 0 aliphatic carbocycles. The third-order valence-electron chi connectivity index (χ3n) is 6.12. The molecule has 0 bridgehead atoms. The van der Waals surface area contributed by atoms with E-state index in [-0.39, 0.29) is 6.03 Å². The molecular formula is C26H23N5O2S. The van der Waals surface area contributed by atoms with Gasteiger partial charge in [0.2, 0.25) is 5.88 Å². The fourth-order valence-electron chi connectivity index (χ4n) is 4.11. The number of pyridine rings is 2. The van der Waals surface area contributed by atoms with Gasteiger partial charge in [-0.1, -0.05) is 12.1 Å². The summed E-state index contributed by atoms with van der Waals surface area (Å²) in [6.07, 6.45) is 3.63. The number of fused-ring (bicyclic) bond motifs is 3. The van der Waals surface area contributed by atoms with Gasteiger partial charge in [0.1, 0.15) is 4.83 Å². The predicted octanol–water partition coefficient (Wildman–Crippen LogP) is 5.87. The Labute approximate surface area is 201 Å². The fourth-order valence-corrected chi connectivity index (χ4v) is 5.10. The van der Waals surface area contributed by atoms with Crippen LogP contribution in [0, 0.1) is 11.3 Å². The average Bonchev–Trinajstić information content (AvgIpc) is 3.30. The number of anilines is 2. The van der Waals surface area contributed by atoms with Crippen LogP contribution in [0.4, 0.5) is 16.2 Å². The normalized spacial score (nSPS) is 13.7. The van der Waals surface area contributed by atoms with Gasteiger partial charge >= 0.3 is 6.03 Å². The van der Waals surface area contributed by atoms with E-state index in [1.807, 2.05) is 56.4 Å². The van der Waals surface area contributed by atoms with E-state index in [2.05, 4.69) is 17.1 Å². The van der Waals surface area contributed by atoms with Gasteiger partial charge in [0.25, 0.3) is 0 Å². The lowest BCUT2D eigenvalue weighted by Gasteiger charge is -2.35. The molecule has 170 valence electrons. The van der Waals surface area contributed by atoms with E-state index in [4.69, 9.17) is 9.72 Å². The van der Waals surface area contributed by atoms with Crippen molar-refractivity contribution in [3.05, 3.63) is 66.0 Å². The second-order valence-corrected chi connectivity index (χ2v) is 9.84. The number of hydrogen-bond donors (Lipinski definition) is 0. The molecule has 34 heavy (non-hydrogen) atoms. The number of carbonyl (C=O) groups excluding carboxylic acids is 1. The molecule has 8 heteroatoms. The van der Waals surface area contributed by atoms with Gasteiger partial charge in [0, 0.05) is 46.9 Å². The van der Waals surface area contributed by atoms with E-state index < -0.39 is 5.41 Å². The first-order valence-corrected chi connectivity index (χ1v) is 11.6. The van der Waals surface area contributed by atoms with Crippen molar-refractivity contribution in [1.29, 1.82) is 5.26 Å². The lowest BCUT2D eigenvalue weighted by molar-refractivity contribution is 0.213. The number of aromatic nitrogens is 2. The van der Waals surface area contributed by atoms with Crippen LogP contribution < -0.4 is 9.64 Å². The molecule has 4 aromatic rings. The van der Waals surface area contributed by atoms with E-state index in [0.29, 0.717) is 12.4 Å². The second-order valence-electron chi connectivity index (χ2n) is 8.81. The predicted molar refractivity (Wildman–Crippen MR) is 133 cm³/mol. The highest BCUT2D eigenvalue weighted by Crippen LogP contribution is 2.44. The van der Waals surface area contributed by atoms with E-state index >= 15 is 0 Å². The number of rotatable bonds is 4. The Morgan fingerprint density at radius 1 is 1.12 bits per heavy atom. The minimum atomic E-state index is -0.606. The van der Waals surface area contributed by atoms with Crippen molar-refractivity contribution in [2.75, 3.05) is 19.1 Å². The Hall–Kier alpha value is -3.96. The molecule has 0 spiro atoms. The van der Waals surface area contributed by atoms with Crippen LogP contribution in [0.3, 0.4) is 0 Å². The maximum Gasteiger partial charge on any atom is 0.329 e. The fraction of sp³-hybridized carbons (Fsp3) is 0.231. The molecule has 0 atom stereocenters. The molecule has 0 saturated heterocycles. The Bertz CT molecular complexity index is 1440. The molecule has 0 saturated carbocycles. The quantitative estimate of drug-likeness (QED) is 0.373. The largest absolute Gasteiger partial charge is 0.481 e. The number of hydrogen-bond acceptors (Lipinski definition) is 6. The molecule has 1 aromatic carbocycles. The molecule has 5 rings (SSSR count). The molecule has 2 amide bonds. The van der Waals surface area contributed by atoms with E-state index in [1.54, 1.807) is 41.5 Å². The number of urea groups is 1. The summed E-state index contributed by atoms with van der Waals surface area (Å²) >= 11 is 1.57. The monoisotopic (exact) mass is 469 g/mol. The van der Waals surface area contributed by atoms with Gasteiger partial charge in [-0.25, -0.2) is 14.8 Å². The summed E-state index contributed by atoms with van der Waals surface area (Å²) in [7, 11) is 3.38. The summed E-state index contributed by atoms with van der Waals surface area (Å²) in [6, 6.07) is 15.7. The van der Waals surface area contributed by atoms with Crippen molar-refractivity contribution in [3.8, 4) is 22.4 Å². The summed E-state index contributed by atoms with van der Waals surface area (Å²) in [5.41, 5.74) is 3.84. The van der Waals surface area contributed by atoms with E-state index in [1.165, 1.54) is 0 Å². The SMILES string of the molecule is COc1ccc(-c2cc3c4c(cnc3s2)CN(C)C(=O)N4c2ccc(C(C)(C)C#N)cc2)cn1. The van der Waals surface area contributed by atoms with Crippen molar-refractivity contribution >= 4 is 39.0 Å². The van der Waals surface area contributed by atoms with E-state index in [0.717, 1.165) is 43.2 Å². The number of benzene rings is 1. The van der Waals surface area contributed by atoms with Gasteiger partial charge in [-0.15, -0.1) is 11.3 Å². The minimum absolute atomic E-state index is 0.105. The summed E-state index contributed by atoms with van der Waals surface area (Å²) in [5.74, 6) is 0.559. The molecule has 0 radical (unpaired) electrons. The van der Waals surface area contributed by atoms with Gasteiger partial charge in [-0.3, -0.25) is 4.90 Å². The van der Waals surface area contributed by atoms with Crippen molar-refractivity contribution in [2.45, 2.75) is 25.8 Å². The zero-order chi connectivity index (χ0) is 24.0. The third-order valence-corrected chi connectivity index (χ3v) is 7.21. The number of thiophene rings is 1. The number of methoxy groups -OCH3 is 1. The zero-order valence-electron chi connectivity index (χ0n) is 19.4. The zero-order valence-corrected chi connectivity index (χ0v) is 20.2. The first-order chi connectivity index (χ1) is 16.3. The number of nitrogens with zero attached hydrogens (tertiary/aromatic N) is 5. The topological polar surface area (TPSA) is 82.4 Å². The van der Waals surface area contributed by atoms with Crippen LogP contribution >= 0.6 is 11.3 Å². The number of amides is 2. The van der Waals surface area contributed by atoms with Crippen LogP contribution in [0.1, 0.15) is 25.0 Å². The summed E-state index contributed by atoms with van der Waals surface area (Å²) in [5, 5.41) is 10.4. The Morgan fingerprint density at radius 2 is 1.88 bits per heavy atom. The number of ether oxygens (including phenoxy) is 1. The summed E-state index contributed by atoms with van der Waals surface area (Å²) in [6.45, 7) is 4.25. The lowest BCUT2D eigenvalue weighted by atomic mass is 9.86. The maximum absolute atomic E-state index is 13.4. The van der Waals surface area contributed by atoms with Crippen LogP contribution in [0.25, 0.3) is 20.7 Å². The van der Waals surface area contributed by atoms with Gasteiger partial charge in [-0.2, -0.15) is 5.26 Å². The van der Waals surface area contributed by atoms with Crippen molar-refractivity contribution < 1.29 is 9.53 Å². The smallest absolute Gasteiger partial charge is 0.329 e. The molecule has 3 aromatic heterocycles. The highest BCUT2D eigenvalue weighted by atomic mass is 32.1. The first kappa shape index (κ1) is 21.9. The van der Waals surface area contributed by atoms with Crippen LogP contribution in [0.15, 0.2) is 54.9 Å². The third kappa shape index (κ3) is 3.55. The van der Waals surface area contributed by atoms with Crippen LogP contribution in [-0.4, -0.2) is 35.1 Å². The van der Waals surface area contributed by atoms with Crippen molar-refractivity contribution in [1.82, 2.24) is 14.9 Å². The van der Waals surface area contributed by atoms with Crippen LogP contribution in [0.2, 0.25) is 0 Å². The molecule has 1 aliphatic heterocycles. The van der Waals surface area contributed by atoms with Crippen molar-refractivity contribution in [3.63, 3.8) is 0 Å². The molecule has 4 heterocycles. The Balaban J connectivity index is 1.64. The number of nitriles is 1. The average molecular weight is 470 g/mol. The van der Waals surface area contributed by atoms with Gasteiger partial charge in [0.15, 0.2) is 0 Å². The minimum Gasteiger partial charge on any atom is -0.481 e. The first-order valence-electron chi connectivity index (χ1n) is 10.8. The lowest BCUT2D eigenvalue weighted by Crippen LogP contribution is -2.42. The summed E-state index contributed by atoms with van der Waals surface area (Å²) < 4.78 is 5.17. The molecule has 1 aliphatic rings. The molecule has 0 fully saturated rings. The van der Waals surface area contributed by atoms with Crippen LogP contribution in [-0.2, 0) is 12.0 Å². The maximum atomic E-state index is 13.4. The molecular weight excluding hydrogens is 446 g/mol. The molecule has 7 nitrogen and oxygen atoms in total. The molecule has 0 unspecified atom stereocenters. The second kappa shape index (κ2) is 8.12. The summed E-state index contributed by atoms with van der Waals surface area (Å²) in [4.78, 5) is 27.7. The van der Waals surface area contributed by atoms with Gasteiger partial charge in [0.05, 0.1) is 36.5 Å². The van der Waals surface area contributed by atoms with E-state index in [9.17, 15) is 10.1 Å². The Morgan fingerprint density at radius 3 is 2.53 bits per heavy atom. The standard InChI is InChI=1S/C26H23N5O2S/c1-26(2,15-27)18-6-8-19(9-7-18)31-23-17(14-30(3)25(31)32)13-29-24-20(23)11-21(34-24)16-5-10-22(33-4)28-12-16/h5-13H,14H2,1-4H3.